The molecule has 0 saturated carbocycles. The van der Waals surface area contributed by atoms with E-state index in [0.717, 1.165) is 24.3 Å². The predicted molar refractivity (Wildman–Crippen MR) is 86.1 cm³/mol. The molecule has 0 fully saturated rings. The van der Waals surface area contributed by atoms with E-state index in [4.69, 9.17) is 14.3 Å². The Labute approximate surface area is 124 Å². The summed E-state index contributed by atoms with van der Waals surface area (Å²) < 4.78 is 11.8. The van der Waals surface area contributed by atoms with E-state index in [9.17, 15) is 0 Å². The number of rotatable bonds is 7. The van der Waals surface area contributed by atoms with Gasteiger partial charge < -0.3 is 14.3 Å². The van der Waals surface area contributed by atoms with Crippen LogP contribution >= 0.6 is 0 Å². The molecule has 4 heteroatoms. The Hall–Kier alpha value is -1.00. The van der Waals surface area contributed by atoms with Crippen molar-refractivity contribution in [1.82, 2.24) is 0 Å². The molecule has 0 bridgehead atoms. The van der Waals surface area contributed by atoms with Gasteiger partial charge in [0.25, 0.3) is 0 Å². The van der Waals surface area contributed by atoms with Crippen LogP contribution in [0.1, 0.15) is 33.6 Å². The van der Waals surface area contributed by atoms with Gasteiger partial charge in [0, 0.05) is 6.61 Å². The lowest BCUT2D eigenvalue weighted by molar-refractivity contribution is 0.253. The third kappa shape index (κ3) is 5.17. The van der Waals surface area contributed by atoms with E-state index in [1.165, 1.54) is 0 Å². The van der Waals surface area contributed by atoms with E-state index in [1.807, 2.05) is 24.3 Å². The van der Waals surface area contributed by atoms with Crippen molar-refractivity contribution in [1.29, 1.82) is 0 Å². The van der Waals surface area contributed by atoms with Gasteiger partial charge in [0.1, 0.15) is 11.5 Å². The zero-order valence-corrected chi connectivity index (χ0v) is 14.4. The molecule has 0 atom stereocenters. The molecule has 0 amide bonds. The van der Waals surface area contributed by atoms with Gasteiger partial charge >= 0.3 is 0 Å². The van der Waals surface area contributed by atoms with Crippen molar-refractivity contribution in [2.45, 2.75) is 51.7 Å². The van der Waals surface area contributed by atoms with E-state index in [-0.39, 0.29) is 11.6 Å². The van der Waals surface area contributed by atoms with E-state index < -0.39 is 8.32 Å². The number of benzene rings is 1. The second-order valence-corrected chi connectivity index (χ2v) is 11.3. The number of unbranched alkanes of at least 4 members (excludes halogenated alkanes) is 1. The molecule has 0 spiro atoms. The average Bonchev–Trinajstić information content (AvgIpc) is 2.35. The van der Waals surface area contributed by atoms with Gasteiger partial charge in [-0.2, -0.15) is 0 Å². The van der Waals surface area contributed by atoms with Gasteiger partial charge in [-0.1, -0.05) is 20.8 Å². The van der Waals surface area contributed by atoms with Crippen LogP contribution in [0.15, 0.2) is 24.3 Å². The Morgan fingerprint density at radius 2 is 1.55 bits per heavy atom. The summed E-state index contributed by atoms with van der Waals surface area (Å²) in [7, 11) is -1.77. The predicted octanol–water partition coefficient (Wildman–Crippen LogP) is 4.22. The number of aliphatic hydroxyl groups is 1. The van der Waals surface area contributed by atoms with E-state index in [0.29, 0.717) is 6.61 Å². The second kappa shape index (κ2) is 7.13. The van der Waals surface area contributed by atoms with Crippen LogP contribution in [0.4, 0.5) is 0 Å². The van der Waals surface area contributed by atoms with Crippen LogP contribution in [0.25, 0.3) is 0 Å². The third-order valence-corrected chi connectivity index (χ3v) is 8.18. The summed E-state index contributed by atoms with van der Waals surface area (Å²) in [6, 6.07) is 7.84. The Morgan fingerprint density at radius 1 is 1.00 bits per heavy atom. The summed E-state index contributed by atoms with van der Waals surface area (Å²) in [5.74, 6) is 1.77. The summed E-state index contributed by atoms with van der Waals surface area (Å²) in [5.41, 5.74) is 0. The van der Waals surface area contributed by atoms with Crippen molar-refractivity contribution < 1.29 is 14.3 Å². The zero-order valence-electron chi connectivity index (χ0n) is 13.4. The van der Waals surface area contributed by atoms with Gasteiger partial charge in [-0.3, -0.25) is 0 Å². The lowest BCUT2D eigenvalue weighted by atomic mass is 10.2. The van der Waals surface area contributed by atoms with Crippen LogP contribution in [-0.4, -0.2) is 26.6 Å². The molecule has 0 aliphatic heterocycles. The first-order chi connectivity index (χ1) is 9.26. The molecule has 1 N–H and O–H groups in total. The van der Waals surface area contributed by atoms with Crippen LogP contribution in [0.3, 0.4) is 0 Å². The summed E-state index contributed by atoms with van der Waals surface area (Å²) >= 11 is 0. The van der Waals surface area contributed by atoms with Crippen LogP contribution < -0.4 is 9.16 Å². The van der Waals surface area contributed by atoms with Crippen molar-refractivity contribution in [3.63, 3.8) is 0 Å². The number of ether oxygens (including phenoxy) is 1. The first-order valence-electron chi connectivity index (χ1n) is 7.29. The van der Waals surface area contributed by atoms with E-state index >= 15 is 0 Å². The van der Waals surface area contributed by atoms with Crippen LogP contribution in [0, 0.1) is 0 Å². The van der Waals surface area contributed by atoms with Crippen molar-refractivity contribution in [2.24, 2.45) is 0 Å². The van der Waals surface area contributed by atoms with Crippen LogP contribution in [0.2, 0.25) is 18.1 Å². The smallest absolute Gasteiger partial charge is 0.250 e. The lowest BCUT2D eigenvalue weighted by Gasteiger charge is -2.36. The minimum absolute atomic E-state index is 0.201. The van der Waals surface area contributed by atoms with Gasteiger partial charge in [-0.05, 0) is 55.2 Å². The standard InChI is InChI=1S/C16H28O3Si/c1-16(2,3)20(4,5)19-15-10-8-14(9-11-15)18-13-7-6-12-17/h8-11,17H,6-7,12-13H2,1-5H3. The molecule has 0 heterocycles. The number of hydrogen-bond acceptors (Lipinski definition) is 3. The van der Waals surface area contributed by atoms with Gasteiger partial charge in [-0.25, -0.2) is 0 Å². The van der Waals surface area contributed by atoms with Crippen molar-refractivity contribution in [2.75, 3.05) is 13.2 Å². The first kappa shape index (κ1) is 17.0. The second-order valence-electron chi connectivity index (χ2n) is 6.61. The highest BCUT2D eigenvalue weighted by atomic mass is 28.4. The molecule has 1 aromatic rings. The maximum Gasteiger partial charge on any atom is 0.250 e. The van der Waals surface area contributed by atoms with Crippen molar-refractivity contribution in [3.8, 4) is 11.5 Å². The zero-order chi connectivity index (χ0) is 15.2. The molecule has 20 heavy (non-hydrogen) atoms. The molecule has 3 nitrogen and oxygen atoms in total. The van der Waals surface area contributed by atoms with Gasteiger partial charge in [0.05, 0.1) is 6.61 Å². The molecule has 1 aromatic carbocycles. The Kier molecular flexibility index (Phi) is 6.08. The largest absolute Gasteiger partial charge is 0.543 e. The maximum atomic E-state index is 8.71. The topological polar surface area (TPSA) is 38.7 Å². The maximum absolute atomic E-state index is 8.71. The fourth-order valence-electron chi connectivity index (χ4n) is 1.46. The fourth-order valence-corrected chi connectivity index (χ4v) is 2.49. The molecule has 0 unspecified atom stereocenters. The minimum Gasteiger partial charge on any atom is -0.543 e. The highest BCUT2D eigenvalue weighted by Gasteiger charge is 2.38. The Bertz CT molecular complexity index is 393. The SMILES string of the molecule is CC(C)(C)[Si](C)(C)Oc1ccc(OCCCCO)cc1. The highest BCUT2D eigenvalue weighted by Crippen LogP contribution is 2.37. The molecule has 1 rings (SSSR count). The summed E-state index contributed by atoms with van der Waals surface area (Å²) in [6.07, 6.45) is 1.66. The van der Waals surface area contributed by atoms with Crippen LogP contribution in [0.5, 0.6) is 11.5 Å². The monoisotopic (exact) mass is 296 g/mol. The third-order valence-electron chi connectivity index (χ3n) is 3.82. The highest BCUT2D eigenvalue weighted by molar-refractivity contribution is 6.74. The summed E-state index contributed by atoms with van der Waals surface area (Å²) in [6.45, 7) is 12.1. The fraction of sp³-hybridized carbons (Fsp3) is 0.625. The van der Waals surface area contributed by atoms with Gasteiger partial charge in [0.15, 0.2) is 0 Å². The van der Waals surface area contributed by atoms with Gasteiger partial charge in [0.2, 0.25) is 8.32 Å². The normalized spacial score (nSPS) is 12.3. The molecule has 0 aliphatic rings. The molecule has 0 radical (unpaired) electrons. The molecule has 0 aliphatic carbocycles. The van der Waals surface area contributed by atoms with Crippen molar-refractivity contribution >= 4 is 8.32 Å². The minimum atomic E-state index is -1.77. The quantitative estimate of drug-likeness (QED) is 0.605. The number of hydrogen-bond donors (Lipinski definition) is 1. The summed E-state index contributed by atoms with van der Waals surface area (Å²) in [4.78, 5) is 0. The summed E-state index contributed by atoms with van der Waals surface area (Å²) in [5, 5.41) is 8.91. The molecular weight excluding hydrogens is 268 g/mol. The average molecular weight is 296 g/mol. The molecule has 0 aromatic heterocycles. The molecule has 114 valence electrons. The first-order valence-corrected chi connectivity index (χ1v) is 10.2. The Morgan fingerprint density at radius 3 is 2.05 bits per heavy atom. The Balaban J connectivity index is 2.54. The van der Waals surface area contributed by atoms with Gasteiger partial charge in [-0.15, -0.1) is 0 Å². The lowest BCUT2D eigenvalue weighted by Crippen LogP contribution is -2.43. The van der Waals surface area contributed by atoms with E-state index in [2.05, 4.69) is 33.9 Å². The molecule has 0 saturated heterocycles. The molecular formula is C16H28O3Si. The number of aliphatic hydroxyl groups excluding tert-OH is 1. The van der Waals surface area contributed by atoms with E-state index in [1.54, 1.807) is 0 Å². The van der Waals surface area contributed by atoms with Crippen LogP contribution in [-0.2, 0) is 0 Å². The van der Waals surface area contributed by atoms with Crippen molar-refractivity contribution in [3.05, 3.63) is 24.3 Å².